The molecule has 1 aromatic carbocycles. The zero-order valence-electron chi connectivity index (χ0n) is 12.7. The van der Waals surface area contributed by atoms with Gasteiger partial charge in [-0.3, -0.25) is 4.79 Å². The number of carbonyl (C=O) groups excluding carboxylic acids is 1. The zero-order valence-corrected chi connectivity index (χ0v) is 12.7. The highest BCUT2D eigenvalue weighted by molar-refractivity contribution is 6.33. The summed E-state index contributed by atoms with van der Waals surface area (Å²) in [5.41, 5.74) is 3.57. The Balaban J connectivity index is 1.97. The Hall–Kier alpha value is -3.15. The molecule has 1 amide bonds. The van der Waals surface area contributed by atoms with Gasteiger partial charge in [-0.25, -0.2) is 4.79 Å². The lowest BCUT2D eigenvalue weighted by molar-refractivity contribution is -0.114. The van der Waals surface area contributed by atoms with Gasteiger partial charge in [0, 0.05) is 11.9 Å². The van der Waals surface area contributed by atoms with Crippen LogP contribution >= 0.6 is 0 Å². The Morgan fingerprint density at radius 2 is 1.91 bits per heavy atom. The predicted octanol–water partition coefficient (Wildman–Crippen LogP) is 2.91. The normalized spacial score (nSPS) is 16.5. The molecule has 0 atom stereocenters. The smallest absolute Gasteiger partial charge is 0.335 e. The SMILES string of the molecule is CC1=NN(c2ccc(C(=O)O)cc2)C(=O)/C1=C(/C)c1ccc[nH]1. The third-order valence-corrected chi connectivity index (χ3v) is 3.75. The van der Waals surface area contributed by atoms with E-state index in [0.29, 0.717) is 17.0 Å². The molecule has 6 heteroatoms. The van der Waals surface area contributed by atoms with E-state index >= 15 is 0 Å². The first-order chi connectivity index (χ1) is 11.0. The number of amides is 1. The predicted molar refractivity (Wildman–Crippen MR) is 87.4 cm³/mol. The van der Waals surface area contributed by atoms with Crippen LogP contribution in [0.3, 0.4) is 0 Å². The molecule has 1 aromatic heterocycles. The lowest BCUT2D eigenvalue weighted by Gasteiger charge is -2.12. The number of hydrazone groups is 1. The minimum absolute atomic E-state index is 0.166. The number of allylic oxidation sites excluding steroid dienone is 1. The summed E-state index contributed by atoms with van der Waals surface area (Å²) in [5, 5.41) is 14.5. The van der Waals surface area contributed by atoms with Gasteiger partial charge in [0.2, 0.25) is 0 Å². The number of hydrogen-bond donors (Lipinski definition) is 2. The van der Waals surface area contributed by atoms with Crippen LogP contribution in [0.15, 0.2) is 53.3 Å². The van der Waals surface area contributed by atoms with E-state index in [9.17, 15) is 9.59 Å². The standard InChI is InChI=1S/C17H15N3O3/c1-10(14-4-3-9-18-14)15-11(2)19-20(16(15)21)13-7-5-12(6-8-13)17(22)23/h3-9,18H,1-2H3,(H,22,23)/b15-10-. The highest BCUT2D eigenvalue weighted by atomic mass is 16.4. The second-order valence-corrected chi connectivity index (χ2v) is 5.24. The van der Waals surface area contributed by atoms with Crippen molar-refractivity contribution in [2.45, 2.75) is 13.8 Å². The van der Waals surface area contributed by atoms with Crippen LogP contribution in [0, 0.1) is 0 Å². The van der Waals surface area contributed by atoms with Crippen LogP contribution in [0.1, 0.15) is 29.9 Å². The minimum Gasteiger partial charge on any atom is -0.478 e. The van der Waals surface area contributed by atoms with Crippen LogP contribution in [0.25, 0.3) is 5.57 Å². The van der Waals surface area contributed by atoms with Crippen LogP contribution in [0.5, 0.6) is 0 Å². The van der Waals surface area contributed by atoms with Crippen LogP contribution < -0.4 is 5.01 Å². The topological polar surface area (TPSA) is 85.8 Å². The van der Waals surface area contributed by atoms with Gasteiger partial charge >= 0.3 is 5.97 Å². The van der Waals surface area contributed by atoms with Crippen molar-refractivity contribution in [2.24, 2.45) is 5.10 Å². The number of benzene rings is 1. The van der Waals surface area contributed by atoms with Crippen molar-refractivity contribution in [1.82, 2.24) is 4.98 Å². The number of carbonyl (C=O) groups is 2. The Bertz CT molecular complexity index is 830. The first-order valence-corrected chi connectivity index (χ1v) is 7.07. The summed E-state index contributed by atoms with van der Waals surface area (Å²) >= 11 is 0. The fraction of sp³-hybridized carbons (Fsp3) is 0.118. The molecular weight excluding hydrogens is 294 g/mol. The van der Waals surface area contributed by atoms with Crippen molar-refractivity contribution in [3.05, 3.63) is 59.4 Å². The molecule has 1 aliphatic heterocycles. The fourth-order valence-electron chi connectivity index (χ4n) is 2.56. The van der Waals surface area contributed by atoms with Crippen LogP contribution in [0.4, 0.5) is 5.69 Å². The summed E-state index contributed by atoms with van der Waals surface area (Å²) in [5.74, 6) is -1.23. The minimum atomic E-state index is -1.01. The number of carboxylic acid groups (broad SMARTS) is 1. The molecule has 0 fully saturated rings. The molecule has 0 bridgehead atoms. The van der Waals surface area contributed by atoms with Gasteiger partial charge in [0.05, 0.1) is 22.5 Å². The third kappa shape index (κ3) is 2.55. The molecular formula is C17H15N3O3. The van der Waals surface area contributed by atoms with Crippen LogP contribution in [0.2, 0.25) is 0 Å². The summed E-state index contributed by atoms with van der Waals surface area (Å²) in [7, 11) is 0. The van der Waals surface area contributed by atoms with E-state index in [0.717, 1.165) is 11.3 Å². The molecule has 23 heavy (non-hydrogen) atoms. The van der Waals surface area contributed by atoms with Crippen molar-refractivity contribution in [2.75, 3.05) is 5.01 Å². The number of aromatic amines is 1. The highest BCUT2D eigenvalue weighted by Gasteiger charge is 2.30. The van der Waals surface area contributed by atoms with E-state index in [1.807, 2.05) is 19.1 Å². The van der Waals surface area contributed by atoms with Gasteiger partial charge < -0.3 is 10.1 Å². The number of nitrogens with one attached hydrogen (secondary N) is 1. The maximum absolute atomic E-state index is 12.7. The monoisotopic (exact) mass is 309 g/mol. The molecule has 6 nitrogen and oxygen atoms in total. The molecule has 2 N–H and O–H groups in total. The molecule has 0 unspecified atom stereocenters. The molecule has 0 radical (unpaired) electrons. The van der Waals surface area contributed by atoms with Crippen molar-refractivity contribution < 1.29 is 14.7 Å². The molecule has 0 aliphatic carbocycles. The summed E-state index contributed by atoms with van der Waals surface area (Å²) < 4.78 is 0. The van der Waals surface area contributed by atoms with Crippen molar-refractivity contribution in [3.63, 3.8) is 0 Å². The Kier molecular flexibility index (Phi) is 3.57. The lowest BCUT2D eigenvalue weighted by Crippen LogP contribution is -2.22. The Morgan fingerprint density at radius 3 is 2.48 bits per heavy atom. The molecule has 0 spiro atoms. The number of nitrogens with zero attached hydrogens (tertiary/aromatic N) is 2. The van der Waals surface area contributed by atoms with Crippen LogP contribution in [-0.4, -0.2) is 27.7 Å². The number of hydrogen-bond acceptors (Lipinski definition) is 3. The number of aromatic carboxylic acids is 1. The van der Waals surface area contributed by atoms with Gasteiger partial charge in [-0.15, -0.1) is 0 Å². The van der Waals surface area contributed by atoms with Crippen molar-refractivity contribution in [3.8, 4) is 0 Å². The number of aromatic nitrogens is 1. The molecule has 1 aliphatic rings. The van der Waals surface area contributed by atoms with E-state index in [1.165, 1.54) is 17.1 Å². The average Bonchev–Trinajstić information content (AvgIpc) is 3.15. The van der Waals surface area contributed by atoms with Gasteiger partial charge in [-0.2, -0.15) is 10.1 Å². The summed E-state index contributed by atoms with van der Waals surface area (Å²) in [6.45, 7) is 3.65. The molecule has 2 heterocycles. The van der Waals surface area contributed by atoms with E-state index in [-0.39, 0.29) is 11.5 Å². The zero-order chi connectivity index (χ0) is 16.6. The second-order valence-electron chi connectivity index (χ2n) is 5.24. The van der Waals surface area contributed by atoms with E-state index in [4.69, 9.17) is 5.11 Å². The second kappa shape index (κ2) is 5.57. The van der Waals surface area contributed by atoms with Gasteiger partial charge in [0.1, 0.15) is 0 Å². The maximum Gasteiger partial charge on any atom is 0.335 e. The number of H-pyrrole nitrogens is 1. The van der Waals surface area contributed by atoms with E-state index < -0.39 is 5.97 Å². The quantitative estimate of drug-likeness (QED) is 0.855. The summed E-state index contributed by atoms with van der Waals surface area (Å²) in [4.78, 5) is 26.7. The van der Waals surface area contributed by atoms with Crippen molar-refractivity contribution >= 4 is 28.8 Å². The van der Waals surface area contributed by atoms with Gasteiger partial charge in [0.15, 0.2) is 0 Å². The van der Waals surface area contributed by atoms with E-state index in [2.05, 4.69) is 10.1 Å². The average molecular weight is 309 g/mol. The number of rotatable bonds is 3. The molecule has 2 aromatic rings. The van der Waals surface area contributed by atoms with Gasteiger partial charge in [-0.05, 0) is 55.8 Å². The van der Waals surface area contributed by atoms with Crippen molar-refractivity contribution in [1.29, 1.82) is 0 Å². The summed E-state index contributed by atoms with van der Waals surface area (Å²) in [6, 6.07) is 9.82. The largest absolute Gasteiger partial charge is 0.478 e. The molecule has 0 saturated heterocycles. The van der Waals surface area contributed by atoms with Gasteiger partial charge in [0.25, 0.3) is 5.91 Å². The molecule has 3 rings (SSSR count). The number of anilines is 1. The third-order valence-electron chi connectivity index (χ3n) is 3.75. The van der Waals surface area contributed by atoms with Gasteiger partial charge in [-0.1, -0.05) is 0 Å². The summed E-state index contributed by atoms with van der Waals surface area (Å²) in [6.07, 6.45) is 1.80. The van der Waals surface area contributed by atoms with Crippen LogP contribution in [-0.2, 0) is 4.79 Å². The van der Waals surface area contributed by atoms with E-state index in [1.54, 1.807) is 25.3 Å². The Labute approximate surface area is 132 Å². The molecule has 116 valence electrons. The maximum atomic E-state index is 12.7. The number of carboxylic acids is 1. The highest BCUT2D eigenvalue weighted by Crippen LogP contribution is 2.28. The first kappa shape index (κ1) is 14.8. The first-order valence-electron chi connectivity index (χ1n) is 7.07. The molecule has 0 saturated carbocycles. The lowest BCUT2D eigenvalue weighted by atomic mass is 10.0. The fourth-order valence-corrected chi connectivity index (χ4v) is 2.56. The Morgan fingerprint density at radius 1 is 1.22 bits per heavy atom.